The molecule has 0 amide bonds. The summed E-state index contributed by atoms with van der Waals surface area (Å²) in [5.41, 5.74) is 7.09. The number of aryl methyl sites for hydroxylation is 2. The Morgan fingerprint density at radius 3 is 2.77 bits per heavy atom. The summed E-state index contributed by atoms with van der Waals surface area (Å²) in [6.45, 7) is 8.90. The average molecular weight is 475 g/mol. The van der Waals surface area contributed by atoms with Gasteiger partial charge in [0.2, 0.25) is 0 Å². The van der Waals surface area contributed by atoms with Gasteiger partial charge in [-0.05, 0) is 98.1 Å². The third-order valence-electron chi connectivity index (χ3n) is 10.6. The molecule has 1 aromatic carbocycles. The van der Waals surface area contributed by atoms with Gasteiger partial charge in [-0.15, -0.1) is 0 Å². The zero-order valence-corrected chi connectivity index (χ0v) is 21.4. The molecule has 7 rings (SSSR count). The van der Waals surface area contributed by atoms with Crippen LogP contribution < -0.4 is 9.64 Å². The minimum atomic E-state index is -0.160. The summed E-state index contributed by atoms with van der Waals surface area (Å²) in [7, 11) is 1.78. The van der Waals surface area contributed by atoms with Gasteiger partial charge in [0, 0.05) is 29.8 Å². The van der Waals surface area contributed by atoms with Gasteiger partial charge >= 0.3 is 0 Å². The highest BCUT2D eigenvalue weighted by molar-refractivity contribution is 5.52. The standard InChI is InChI=1S/C30H38N2O3/c1-19-25-18-35-30(27(25)17-28(31-19)32-12-14-34-15-13-32)11-9-26-24-6-4-20-16-21(33-3)5-7-22(20)23(24)8-10-29(26,30)2/h5,7,16-17,23-24,26H,4,6,8-15,18H2,1-3H3/t23-,24-,26+,29+,30-/m1/s1. The molecule has 3 fully saturated rings. The molecule has 0 bridgehead atoms. The summed E-state index contributed by atoms with van der Waals surface area (Å²) in [5, 5.41) is 0. The quantitative estimate of drug-likeness (QED) is 0.574. The number of nitrogens with zero attached hydrogens (tertiary/aromatic N) is 2. The van der Waals surface area contributed by atoms with Crippen molar-refractivity contribution in [2.75, 3.05) is 38.3 Å². The number of hydrogen-bond acceptors (Lipinski definition) is 5. The Hall–Kier alpha value is -2.11. The first-order valence-corrected chi connectivity index (χ1v) is 13.7. The van der Waals surface area contributed by atoms with Crippen LogP contribution in [0.2, 0.25) is 0 Å². The number of pyridine rings is 1. The molecule has 1 saturated heterocycles. The lowest BCUT2D eigenvalue weighted by Crippen LogP contribution is -2.49. The second kappa shape index (κ2) is 7.94. The van der Waals surface area contributed by atoms with Gasteiger partial charge in [-0.1, -0.05) is 13.0 Å². The maximum Gasteiger partial charge on any atom is 0.129 e. The Kier molecular flexibility index (Phi) is 5.02. The molecule has 0 unspecified atom stereocenters. The van der Waals surface area contributed by atoms with Crippen LogP contribution in [-0.2, 0) is 28.1 Å². The van der Waals surface area contributed by atoms with Crippen LogP contribution in [0.1, 0.15) is 72.9 Å². The Labute approximate surface area is 209 Å². The lowest BCUT2D eigenvalue weighted by atomic mass is 9.52. The van der Waals surface area contributed by atoms with Gasteiger partial charge in [-0.3, -0.25) is 0 Å². The van der Waals surface area contributed by atoms with Gasteiger partial charge in [-0.25, -0.2) is 4.98 Å². The van der Waals surface area contributed by atoms with E-state index in [1.807, 2.05) is 0 Å². The number of hydrogen-bond donors (Lipinski definition) is 0. The number of rotatable bonds is 2. The number of morpholine rings is 1. The molecule has 3 aliphatic carbocycles. The van der Waals surface area contributed by atoms with Crippen molar-refractivity contribution in [1.29, 1.82) is 0 Å². The van der Waals surface area contributed by atoms with Crippen LogP contribution in [0.5, 0.6) is 5.75 Å². The fourth-order valence-electron chi connectivity index (χ4n) is 8.82. The van der Waals surface area contributed by atoms with E-state index in [-0.39, 0.29) is 11.0 Å². The second-order valence-electron chi connectivity index (χ2n) is 11.8. The van der Waals surface area contributed by atoms with E-state index in [1.165, 1.54) is 48.8 Å². The van der Waals surface area contributed by atoms with Gasteiger partial charge in [0.1, 0.15) is 11.6 Å². The third-order valence-corrected chi connectivity index (χ3v) is 10.6. The average Bonchev–Trinajstić information content (AvgIpc) is 3.43. The minimum Gasteiger partial charge on any atom is -0.497 e. The van der Waals surface area contributed by atoms with E-state index in [4.69, 9.17) is 19.2 Å². The summed E-state index contributed by atoms with van der Waals surface area (Å²) in [6.07, 6.45) is 7.38. The van der Waals surface area contributed by atoms with Crippen molar-refractivity contribution >= 4 is 5.82 Å². The Bertz CT molecular complexity index is 1160. The number of methoxy groups -OCH3 is 1. The molecule has 2 aromatic rings. The molecule has 0 radical (unpaired) electrons. The topological polar surface area (TPSA) is 43.8 Å². The number of anilines is 1. The maximum atomic E-state index is 6.95. The normalized spacial score (nSPS) is 35.4. The molecule has 5 aliphatic rings. The maximum absolute atomic E-state index is 6.95. The molecule has 1 spiro atoms. The SMILES string of the molecule is COc1ccc2c(c1)CC[C@@H]1[C@@H]2CC[C@@]2(C)[C@H]1CC[C@]21OCc2c1cc(N1CCOCC1)nc2C. The van der Waals surface area contributed by atoms with Crippen LogP contribution >= 0.6 is 0 Å². The zero-order valence-electron chi connectivity index (χ0n) is 21.4. The van der Waals surface area contributed by atoms with Gasteiger partial charge < -0.3 is 19.1 Å². The van der Waals surface area contributed by atoms with Crippen LogP contribution in [0.15, 0.2) is 24.3 Å². The molecule has 3 heterocycles. The molecule has 2 saturated carbocycles. The first-order valence-electron chi connectivity index (χ1n) is 13.7. The molecule has 35 heavy (non-hydrogen) atoms. The van der Waals surface area contributed by atoms with Crippen LogP contribution in [0.4, 0.5) is 5.82 Å². The number of fused-ring (bicyclic) bond motifs is 8. The zero-order chi connectivity index (χ0) is 23.8. The van der Waals surface area contributed by atoms with Crippen molar-refractivity contribution in [2.45, 2.75) is 70.5 Å². The van der Waals surface area contributed by atoms with E-state index in [0.717, 1.165) is 62.5 Å². The predicted molar refractivity (Wildman–Crippen MR) is 136 cm³/mol. The third kappa shape index (κ3) is 3.03. The highest BCUT2D eigenvalue weighted by Gasteiger charge is 2.65. The fourth-order valence-corrected chi connectivity index (χ4v) is 8.82. The summed E-state index contributed by atoms with van der Waals surface area (Å²) in [5.74, 6) is 4.27. The van der Waals surface area contributed by atoms with E-state index in [9.17, 15) is 0 Å². The van der Waals surface area contributed by atoms with E-state index in [1.54, 1.807) is 12.7 Å². The number of benzene rings is 1. The summed E-state index contributed by atoms with van der Waals surface area (Å²) < 4.78 is 18.1. The molecule has 186 valence electrons. The van der Waals surface area contributed by atoms with Crippen molar-refractivity contribution in [1.82, 2.24) is 4.98 Å². The van der Waals surface area contributed by atoms with Gasteiger partial charge in [0.25, 0.3) is 0 Å². The molecule has 1 aromatic heterocycles. The van der Waals surface area contributed by atoms with Gasteiger partial charge in [0.15, 0.2) is 0 Å². The minimum absolute atomic E-state index is 0.160. The predicted octanol–water partition coefficient (Wildman–Crippen LogP) is 5.52. The molecule has 5 nitrogen and oxygen atoms in total. The lowest BCUT2D eigenvalue weighted by Gasteiger charge is -2.54. The van der Waals surface area contributed by atoms with Crippen molar-refractivity contribution in [2.24, 2.45) is 17.3 Å². The monoisotopic (exact) mass is 474 g/mol. The molecular formula is C30H38N2O3. The smallest absolute Gasteiger partial charge is 0.129 e. The second-order valence-corrected chi connectivity index (χ2v) is 11.8. The fraction of sp³-hybridized carbons (Fsp3) is 0.633. The summed E-state index contributed by atoms with van der Waals surface area (Å²) >= 11 is 0. The molecular weight excluding hydrogens is 436 g/mol. The first-order chi connectivity index (χ1) is 17.0. The van der Waals surface area contributed by atoms with Crippen LogP contribution in [0, 0.1) is 24.2 Å². The molecule has 2 aliphatic heterocycles. The van der Waals surface area contributed by atoms with Crippen molar-refractivity contribution in [3.8, 4) is 5.75 Å². The van der Waals surface area contributed by atoms with Crippen LogP contribution in [0.3, 0.4) is 0 Å². The van der Waals surface area contributed by atoms with E-state index in [0.29, 0.717) is 11.8 Å². The van der Waals surface area contributed by atoms with Crippen LogP contribution in [0.25, 0.3) is 0 Å². The Morgan fingerprint density at radius 1 is 1.09 bits per heavy atom. The van der Waals surface area contributed by atoms with Crippen molar-refractivity contribution in [3.05, 3.63) is 52.2 Å². The highest BCUT2D eigenvalue weighted by Crippen LogP contribution is 2.70. The Balaban J connectivity index is 1.25. The van der Waals surface area contributed by atoms with Crippen LogP contribution in [-0.4, -0.2) is 38.4 Å². The summed E-state index contributed by atoms with van der Waals surface area (Å²) in [6, 6.07) is 9.23. The van der Waals surface area contributed by atoms with Gasteiger partial charge in [-0.2, -0.15) is 0 Å². The molecule has 0 N–H and O–H groups in total. The highest BCUT2D eigenvalue weighted by atomic mass is 16.5. The Morgan fingerprint density at radius 2 is 1.94 bits per heavy atom. The number of aromatic nitrogens is 1. The number of ether oxygens (including phenoxy) is 3. The van der Waals surface area contributed by atoms with E-state index >= 15 is 0 Å². The largest absolute Gasteiger partial charge is 0.497 e. The molecule has 5 heteroatoms. The van der Waals surface area contributed by atoms with Crippen molar-refractivity contribution < 1.29 is 14.2 Å². The molecule has 5 atom stereocenters. The van der Waals surface area contributed by atoms with E-state index < -0.39 is 0 Å². The van der Waals surface area contributed by atoms with Gasteiger partial charge in [0.05, 0.1) is 32.5 Å². The first kappa shape index (κ1) is 22.1. The lowest BCUT2D eigenvalue weighted by molar-refractivity contribution is -0.143. The van der Waals surface area contributed by atoms with Crippen molar-refractivity contribution in [3.63, 3.8) is 0 Å². The van der Waals surface area contributed by atoms with E-state index in [2.05, 4.69) is 43.0 Å². The summed E-state index contributed by atoms with van der Waals surface area (Å²) in [4.78, 5) is 7.44.